The van der Waals surface area contributed by atoms with E-state index in [9.17, 15) is 9.90 Å². The summed E-state index contributed by atoms with van der Waals surface area (Å²) >= 11 is 6.13. The summed E-state index contributed by atoms with van der Waals surface area (Å²) in [6, 6.07) is 9.10. The summed E-state index contributed by atoms with van der Waals surface area (Å²) in [5.41, 5.74) is 2.19. The van der Waals surface area contributed by atoms with Crippen molar-refractivity contribution in [3.05, 3.63) is 53.7 Å². The number of benzene rings is 2. The fraction of sp³-hybridized carbons (Fsp3) is 0.385. The van der Waals surface area contributed by atoms with Crippen LogP contribution in [0.25, 0.3) is 22.0 Å². The van der Waals surface area contributed by atoms with Gasteiger partial charge in [0, 0.05) is 12.5 Å². The molecular weight excluding hydrogens is 438 g/mol. The van der Waals surface area contributed by atoms with Gasteiger partial charge in [0.15, 0.2) is 5.78 Å². The van der Waals surface area contributed by atoms with Gasteiger partial charge in [0.2, 0.25) is 0 Å². The Labute approximate surface area is 199 Å². The number of aromatic nitrogens is 2. The zero-order valence-electron chi connectivity index (χ0n) is 19.4. The van der Waals surface area contributed by atoms with Gasteiger partial charge in [0.1, 0.15) is 17.1 Å². The maximum Gasteiger partial charge on any atom is 0.158 e. The van der Waals surface area contributed by atoms with Gasteiger partial charge in [-0.25, -0.2) is 0 Å². The lowest BCUT2D eigenvalue weighted by atomic mass is 9.66. The molecule has 1 aliphatic carbocycles. The van der Waals surface area contributed by atoms with E-state index in [-0.39, 0.29) is 23.4 Å². The zero-order valence-corrected chi connectivity index (χ0v) is 20.2. The van der Waals surface area contributed by atoms with Crippen molar-refractivity contribution in [1.29, 1.82) is 0 Å². The quantitative estimate of drug-likeness (QED) is 0.430. The molecule has 33 heavy (non-hydrogen) atoms. The number of fused-ring (bicyclic) bond motifs is 1. The van der Waals surface area contributed by atoms with Crippen LogP contribution in [0.15, 0.2) is 48.7 Å². The number of likely N-dealkylation sites (N-methyl/N-ethyl adjacent to an activating group) is 1. The molecule has 1 heterocycles. The summed E-state index contributed by atoms with van der Waals surface area (Å²) in [4.78, 5) is 14.5. The number of nitrogens with zero attached hydrogens (tertiary/aromatic N) is 2. The van der Waals surface area contributed by atoms with Crippen LogP contribution < -0.4 is 4.74 Å². The predicted octanol–water partition coefficient (Wildman–Crippen LogP) is 5.46. The highest BCUT2D eigenvalue weighted by Gasteiger charge is 2.44. The Morgan fingerprint density at radius 3 is 2.73 bits per heavy atom. The van der Waals surface area contributed by atoms with E-state index in [0.29, 0.717) is 5.02 Å². The number of phenols is 1. The molecule has 2 N–H and O–H groups in total. The topological polar surface area (TPSA) is 78.5 Å². The first kappa shape index (κ1) is 23.3. The fourth-order valence-corrected chi connectivity index (χ4v) is 4.44. The number of halogens is 1. The number of H-pyrrole nitrogens is 1. The molecule has 2 aromatic carbocycles. The van der Waals surface area contributed by atoms with Crippen molar-refractivity contribution in [2.75, 3.05) is 20.6 Å². The molecule has 0 atom stereocenters. The summed E-state index contributed by atoms with van der Waals surface area (Å²) in [5, 5.41) is 18.2. The third-order valence-corrected chi connectivity index (χ3v) is 6.75. The minimum Gasteiger partial charge on any atom is -0.506 e. The normalized spacial score (nSPS) is 18.7. The molecule has 174 valence electrons. The number of carbonyl (C=O) groups excluding carboxylic acids is 1. The summed E-state index contributed by atoms with van der Waals surface area (Å²) in [5.74, 6) is 1.32. The first-order valence-corrected chi connectivity index (χ1v) is 11.5. The first-order valence-electron chi connectivity index (χ1n) is 11.1. The van der Waals surface area contributed by atoms with Crippen molar-refractivity contribution in [1.82, 2.24) is 15.1 Å². The maximum atomic E-state index is 12.4. The summed E-state index contributed by atoms with van der Waals surface area (Å²) in [7, 11) is 3.96. The van der Waals surface area contributed by atoms with E-state index in [2.05, 4.69) is 24.0 Å². The van der Waals surface area contributed by atoms with E-state index in [4.69, 9.17) is 16.3 Å². The minimum absolute atomic E-state index is 0.0475. The Morgan fingerprint density at radius 1 is 1.27 bits per heavy atom. The Bertz CT molecular complexity index is 1190. The highest BCUT2D eigenvalue weighted by atomic mass is 35.5. The minimum atomic E-state index is -0.445. The van der Waals surface area contributed by atoms with Crippen LogP contribution in [0, 0.1) is 11.8 Å². The lowest BCUT2D eigenvalue weighted by Crippen LogP contribution is -2.46. The average Bonchev–Trinajstić information content (AvgIpc) is 3.17. The molecule has 0 aliphatic heterocycles. The van der Waals surface area contributed by atoms with E-state index >= 15 is 0 Å². The Balaban J connectivity index is 1.51. The van der Waals surface area contributed by atoms with Gasteiger partial charge in [0.25, 0.3) is 0 Å². The van der Waals surface area contributed by atoms with Gasteiger partial charge in [-0.15, -0.1) is 0 Å². The number of allylic oxidation sites excluding steroid dienone is 1. The van der Waals surface area contributed by atoms with Crippen LogP contribution in [0.5, 0.6) is 11.5 Å². The number of ketones is 1. The summed E-state index contributed by atoms with van der Waals surface area (Å²) in [6.07, 6.45) is 7.04. The van der Waals surface area contributed by atoms with Crippen LogP contribution >= 0.6 is 11.6 Å². The van der Waals surface area contributed by atoms with E-state index in [0.717, 1.165) is 47.2 Å². The number of nitrogens with one attached hydrogen (secondary N) is 1. The monoisotopic (exact) mass is 467 g/mol. The lowest BCUT2D eigenvalue weighted by molar-refractivity contribution is -0.125. The molecule has 4 rings (SSSR count). The van der Waals surface area contributed by atoms with Crippen LogP contribution in [-0.2, 0) is 4.79 Å². The molecule has 0 saturated heterocycles. The second-order valence-corrected chi connectivity index (χ2v) is 10.0. The van der Waals surface area contributed by atoms with Gasteiger partial charge in [-0.2, -0.15) is 5.10 Å². The van der Waals surface area contributed by atoms with Gasteiger partial charge in [-0.3, -0.25) is 9.89 Å². The molecule has 3 aromatic rings. The summed E-state index contributed by atoms with van der Waals surface area (Å²) in [6.45, 7) is 4.92. The molecular formula is C26H30ClN3O3. The molecule has 1 aliphatic rings. The van der Waals surface area contributed by atoms with Crippen LogP contribution in [0.1, 0.15) is 26.7 Å². The van der Waals surface area contributed by atoms with E-state index < -0.39 is 5.60 Å². The van der Waals surface area contributed by atoms with Crippen molar-refractivity contribution in [3.8, 4) is 22.6 Å². The van der Waals surface area contributed by atoms with Crippen LogP contribution in [-0.4, -0.2) is 52.2 Å². The number of hydrogen-bond acceptors (Lipinski definition) is 5. The van der Waals surface area contributed by atoms with Gasteiger partial charge < -0.3 is 14.7 Å². The molecule has 6 nitrogen and oxygen atoms in total. The highest BCUT2D eigenvalue weighted by Crippen LogP contribution is 2.45. The average molecular weight is 468 g/mol. The Hall–Kier alpha value is -2.83. The fourth-order valence-electron chi connectivity index (χ4n) is 4.26. The van der Waals surface area contributed by atoms with Gasteiger partial charge >= 0.3 is 0 Å². The van der Waals surface area contributed by atoms with Crippen LogP contribution in [0.2, 0.25) is 5.02 Å². The van der Waals surface area contributed by atoms with E-state index in [1.54, 1.807) is 24.4 Å². The second kappa shape index (κ2) is 9.20. The van der Waals surface area contributed by atoms with Crippen molar-refractivity contribution in [2.45, 2.75) is 32.3 Å². The Kier molecular flexibility index (Phi) is 6.50. The van der Waals surface area contributed by atoms with Crippen molar-refractivity contribution in [2.24, 2.45) is 11.8 Å². The highest BCUT2D eigenvalue weighted by molar-refractivity contribution is 6.32. The molecule has 0 bridgehead atoms. The number of hydrogen-bond donors (Lipinski definition) is 2. The lowest BCUT2D eigenvalue weighted by Gasteiger charge is -2.44. The predicted molar refractivity (Wildman–Crippen MR) is 132 cm³/mol. The molecule has 1 fully saturated rings. The Morgan fingerprint density at radius 2 is 2.03 bits per heavy atom. The summed E-state index contributed by atoms with van der Waals surface area (Å²) < 4.78 is 6.56. The number of carbonyl (C=O) groups is 1. The van der Waals surface area contributed by atoms with Gasteiger partial charge in [-0.05, 0) is 88.2 Å². The molecule has 0 radical (unpaired) electrons. The third-order valence-electron chi connectivity index (χ3n) is 6.45. The molecule has 0 unspecified atom stereocenters. The number of aromatic amines is 1. The first-order chi connectivity index (χ1) is 15.6. The SMILES string of the molecule is CN(C)C/C=C/C(=O)C1CC(C(C)(C)Oc2cc(-c3ccc(O)c(Cl)c3)cc3[nH]ncc23)C1. The van der Waals surface area contributed by atoms with Crippen LogP contribution in [0.3, 0.4) is 0 Å². The van der Waals surface area contributed by atoms with Crippen molar-refractivity contribution in [3.63, 3.8) is 0 Å². The van der Waals surface area contributed by atoms with Gasteiger partial charge in [-0.1, -0.05) is 23.7 Å². The van der Waals surface area contributed by atoms with E-state index in [1.807, 2.05) is 43.3 Å². The van der Waals surface area contributed by atoms with Crippen LogP contribution in [0.4, 0.5) is 0 Å². The molecule has 7 heteroatoms. The number of ether oxygens (including phenoxy) is 1. The number of aromatic hydroxyl groups is 1. The zero-order chi connectivity index (χ0) is 23.8. The van der Waals surface area contributed by atoms with Gasteiger partial charge in [0.05, 0.1) is 22.1 Å². The van der Waals surface area contributed by atoms with Crippen molar-refractivity contribution >= 4 is 28.3 Å². The van der Waals surface area contributed by atoms with E-state index in [1.165, 1.54) is 0 Å². The molecule has 0 amide bonds. The molecule has 0 spiro atoms. The molecule has 1 saturated carbocycles. The standard InChI is InChI=1S/C26H30ClN3O3/c1-26(2,19-10-18(11-19)23(31)6-5-9-30(3)4)33-25-14-17(13-22-20(25)15-28-29-22)16-7-8-24(32)21(27)12-16/h5-8,12-15,18-19,32H,9-11H2,1-4H3,(H,28,29)/b6-5+. The third kappa shape index (κ3) is 5.07. The number of phenolic OH excluding ortho intramolecular Hbond substituents is 1. The second-order valence-electron chi connectivity index (χ2n) is 9.61. The van der Waals surface area contributed by atoms with Crippen molar-refractivity contribution < 1.29 is 14.6 Å². The maximum absolute atomic E-state index is 12.4. The number of rotatable bonds is 8. The molecule has 1 aromatic heterocycles. The smallest absolute Gasteiger partial charge is 0.158 e. The largest absolute Gasteiger partial charge is 0.506 e.